The highest BCUT2D eigenvalue weighted by molar-refractivity contribution is 7.10. The summed E-state index contributed by atoms with van der Waals surface area (Å²) in [5.74, 6) is -0.192. The van der Waals surface area contributed by atoms with Crippen LogP contribution in [-0.4, -0.2) is 23.3 Å². The first-order valence-corrected chi connectivity index (χ1v) is 11.6. The summed E-state index contributed by atoms with van der Waals surface area (Å²) in [6.45, 7) is 7.33. The number of carbonyl (C=O) groups is 2. The molecule has 160 valence electrons. The van der Waals surface area contributed by atoms with Gasteiger partial charge in [0.25, 0.3) is 5.91 Å². The number of nitrogens with zero attached hydrogens (tertiary/aromatic N) is 1. The van der Waals surface area contributed by atoms with Gasteiger partial charge in [0, 0.05) is 23.5 Å². The molecular formula is C26H28N2O2S. The Kier molecular flexibility index (Phi) is 6.23. The Hall–Kier alpha value is -2.92. The Bertz CT molecular complexity index is 1060. The molecule has 2 heterocycles. The van der Waals surface area contributed by atoms with E-state index in [9.17, 15) is 9.59 Å². The van der Waals surface area contributed by atoms with Crippen molar-refractivity contribution in [3.05, 3.63) is 93.2 Å². The van der Waals surface area contributed by atoms with Crippen LogP contribution in [0.1, 0.15) is 57.7 Å². The van der Waals surface area contributed by atoms with E-state index >= 15 is 0 Å². The lowest BCUT2D eigenvalue weighted by Crippen LogP contribution is -2.48. The first kappa shape index (κ1) is 21.3. The minimum atomic E-state index is -0.447. The number of rotatable bonds is 6. The molecular weight excluding hydrogens is 404 g/mol. The summed E-state index contributed by atoms with van der Waals surface area (Å²) in [6, 6.07) is 19.4. The molecule has 0 saturated heterocycles. The highest BCUT2D eigenvalue weighted by atomic mass is 32.1. The maximum atomic E-state index is 13.6. The fourth-order valence-corrected chi connectivity index (χ4v) is 5.13. The van der Waals surface area contributed by atoms with Gasteiger partial charge in [0.05, 0.1) is 12.0 Å². The number of amides is 2. The lowest BCUT2D eigenvalue weighted by molar-refractivity contribution is -0.124. The molecule has 1 aliphatic heterocycles. The number of fused-ring (bicyclic) bond motifs is 1. The number of hydrogen-bond donors (Lipinski definition) is 1. The molecule has 4 nitrogen and oxygen atoms in total. The van der Waals surface area contributed by atoms with Crippen molar-refractivity contribution in [2.24, 2.45) is 5.92 Å². The molecule has 1 N–H and O–H groups in total. The van der Waals surface area contributed by atoms with E-state index in [4.69, 9.17) is 0 Å². The third-order valence-electron chi connectivity index (χ3n) is 5.70. The monoisotopic (exact) mass is 432 g/mol. The minimum absolute atomic E-state index is 0.00489. The van der Waals surface area contributed by atoms with Crippen molar-refractivity contribution >= 4 is 23.2 Å². The largest absolute Gasteiger partial charge is 0.351 e. The number of thiophene rings is 1. The SMILES string of the molecule is Cc1ccc(CNC(=O)[C@@H]2c3ccccc3C(=O)N(CC(C)C)[C@@H]2c2cccs2)cc1. The molecule has 5 heteroatoms. The Morgan fingerprint density at radius 2 is 1.81 bits per heavy atom. The van der Waals surface area contributed by atoms with Crippen molar-refractivity contribution in [3.63, 3.8) is 0 Å². The maximum absolute atomic E-state index is 13.6. The summed E-state index contributed by atoms with van der Waals surface area (Å²) in [7, 11) is 0. The molecule has 0 saturated carbocycles. The number of hydrogen-bond acceptors (Lipinski definition) is 3. The predicted molar refractivity (Wildman–Crippen MR) is 125 cm³/mol. The van der Waals surface area contributed by atoms with Crippen LogP contribution in [0.25, 0.3) is 0 Å². The van der Waals surface area contributed by atoms with Gasteiger partial charge in [0.2, 0.25) is 5.91 Å². The molecule has 31 heavy (non-hydrogen) atoms. The van der Waals surface area contributed by atoms with Crippen molar-refractivity contribution in [2.45, 2.75) is 39.3 Å². The molecule has 0 radical (unpaired) electrons. The Morgan fingerprint density at radius 3 is 2.48 bits per heavy atom. The van der Waals surface area contributed by atoms with E-state index in [1.54, 1.807) is 11.3 Å². The zero-order valence-corrected chi connectivity index (χ0v) is 19.0. The Labute approximate surface area is 187 Å². The van der Waals surface area contributed by atoms with Gasteiger partial charge in [-0.25, -0.2) is 0 Å². The van der Waals surface area contributed by atoms with Crippen LogP contribution in [0.5, 0.6) is 0 Å². The lowest BCUT2D eigenvalue weighted by Gasteiger charge is -2.42. The molecule has 0 aliphatic carbocycles. The number of nitrogens with one attached hydrogen (secondary N) is 1. The summed E-state index contributed by atoms with van der Waals surface area (Å²) in [5.41, 5.74) is 3.70. The molecule has 0 fully saturated rings. The molecule has 3 aromatic rings. The van der Waals surface area contributed by atoms with Gasteiger partial charge in [-0.15, -0.1) is 11.3 Å². The van der Waals surface area contributed by atoms with Gasteiger partial charge in [0.15, 0.2) is 0 Å². The molecule has 4 rings (SSSR count). The van der Waals surface area contributed by atoms with E-state index in [-0.39, 0.29) is 17.9 Å². The van der Waals surface area contributed by atoms with Gasteiger partial charge < -0.3 is 10.2 Å². The van der Waals surface area contributed by atoms with Crippen molar-refractivity contribution in [2.75, 3.05) is 6.54 Å². The van der Waals surface area contributed by atoms with Crippen LogP contribution in [-0.2, 0) is 11.3 Å². The molecule has 0 bridgehead atoms. The van der Waals surface area contributed by atoms with E-state index in [1.165, 1.54) is 5.56 Å². The molecule has 0 unspecified atom stereocenters. The molecule has 1 aliphatic rings. The van der Waals surface area contributed by atoms with E-state index in [2.05, 4.69) is 31.3 Å². The van der Waals surface area contributed by atoms with Gasteiger partial charge in [-0.1, -0.05) is 67.9 Å². The van der Waals surface area contributed by atoms with Crippen LogP contribution < -0.4 is 5.32 Å². The van der Waals surface area contributed by atoms with E-state index in [0.29, 0.717) is 24.6 Å². The average Bonchev–Trinajstić information content (AvgIpc) is 3.29. The predicted octanol–water partition coefficient (Wildman–Crippen LogP) is 5.31. The van der Waals surface area contributed by atoms with Crippen molar-refractivity contribution in [1.29, 1.82) is 0 Å². The summed E-state index contributed by atoms with van der Waals surface area (Å²) in [5, 5.41) is 5.15. The molecule has 2 atom stereocenters. The van der Waals surface area contributed by atoms with Gasteiger partial charge in [-0.3, -0.25) is 9.59 Å². The normalized spacial score (nSPS) is 18.2. The number of aryl methyl sites for hydroxylation is 1. The van der Waals surface area contributed by atoms with Crippen LogP contribution in [0.4, 0.5) is 0 Å². The third kappa shape index (κ3) is 4.42. The zero-order chi connectivity index (χ0) is 22.0. The number of benzene rings is 2. The van der Waals surface area contributed by atoms with Crippen molar-refractivity contribution in [3.8, 4) is 0 Å². The molecule has 2 amide bonds. The van der Waals surface area contributed by atoms with Crippen LogP contribution in [0.3, 0.4) is 0 Å². The lowest BCUT2D eigenvalue weighted by atomic mass is 9.81. The van der Waals surface area contributed by atoms with E-state index < -0.39 is 5.92 Å². The second kappa shape index (κ2) is 9.06. The zero-order valence-electron chi connectivity index (χ0n) is 18.2. The summed E-state index contributed by atoms with van der Waals surface area (Å²) < 4.78 is 0. The first-order chi connectivity index (χ1) is 15.0. The standard InChI is InChI=1S/C26H28N2O2S/c1-17(2)16-28-24(22-9-6-14-31-22)23(20-7-4-5-8-21(20)26(28)30)25(29)27-15-19-12-10-18(3)11-13-19/h4-14,17,23-24H,15-16H2,1-3H3,(H,27,29)/t23-,24-/m1/s1. The smallest absolute Gasteiger partial charge is 0.254 e. The summed E-state index contributed by atoms with van der Waals surface area (Å²) in [6.07, 6.45) is 0. The third-order valence-corrected chi connectivity index (χ3v) is 6.65. The summed E-state index contributed by atoms with van der Waals surface area (Å²) >= 11 is 1.60. The molecule has 1 aromatic heterocycles. The van der Waals surface area contributed by atoms with Gasteiger partial charge in [-0.05, 0) is 41.5 Å². The quantitative estimate of drug-likeness (QED) is 0.574. The van der Waals surface area contributed by atoms with Gasteiger partial charge >= 0.3 is 0 Å². The van der Waals surface area contributed by atoms with E-state index in [0.717, 1.165) is 16.0 Å². The second-order valence-corrected chi connectivity index (χ2v) is 9.56. The summed E-state index contributed by atoms with van der Waals surface area (Å²) in [4.78, 5) is 30.0. The van der Waals surface area contributed by atoms with E-state index in [1.807, 2.05) is 65.7 Å². The maximum Gasteiger partial charge on any atom is 0.254 e. The fourth-order valence-electron chi connectivity index (χ4n) is 4.25. The van der Waals surface area contributed by atoms with Crippen LogP contribution in [0, 0.1) is 12.8 Å². The average molecular weight is 433 g/mol. The Morgan fingerprint density at radius 1 is 1.06 bits per heavy atom. The van der Waals surface area contributed by atoms with Gasteiger partial charge in [-0.2, -0.15) is 0 Å². The number of carbonyl (C=O) groups excluding carboxylic acids is 2. The Balaban J connectivity index is 1.72. The highest BCUT2D eigenvalue weighted by Gasteiger charge is 2.44. The minimum Gasteiger partial charge on any atom is -0.351 e. The second-order valence-electron chi connectivity index (χ2n) is 8.58. The van der Waals surface area contributed by atoms with Crippen LogP contribution in [0.15, 0.2) is 66.0 Å². The van der Waals surface area contributed by atoms with Crippen molar-refractivity contribution in [1.82, 2.24) is 10.2 Å². The van der Waals surface area contributed by atoms with Gasteiger partial charge in [0.1, 0.15) is 0 Å². The molecule has 2 aromatic carbocycles. The first-order valence-electron chi connectivity index (χ1n) is 10.7. The van der Waals surface area contributed by atoms with Crippen LogP contribution in [0.2, 0.25) is 0 Å². The fraction of sp³-hybridized carbons (Fsp3) is 0.308. The highest BCUT2D eigenvalue weighted by Crippen LogP contribution is 2.44. The topological polar surface area (TPSA) is 49.4 Å². The van der Waals surface area contributed by atoms with Crippen LogP contribution >= 0.6 is 11.3 Å². The van der Waals surface area contributed by atoms with Crippen molar-refractivity contribution < 1.29 is 9.59 Å². The molecule has 0 spiro atoms.